The summed E-state index contributed by atoms with van der Waals surface area (Å²) in [4.78, 5) is 39.3. The number of benzene rings is 1. The predicted octanol–water partition coefficient (Wildman–Crippen LogP) is 2.53. The third kappa shape index (κ3) is 3.63. The fraction of sp³-hybridized carbons (Fsp3) is 0.591. The van der Waals surface area contributed by atoms with Crippen molar-refractivity contribution < 1.29 is 14.0 Å². The number of carbonyl (C=O) groups excluding carboxylic acids is 2. The molecular weight excluding hydrogens is 412 g/mol. The van der Waals surface area contributed by atoms with Crippen molar-refractivity contribution in [3.8, 4) is 0 Å². The molecule has 8 nitrogen and oxygen atoms in total. The molecule has 1 atom stereocenters. The van der Waals surface area contributed by atoms with Crippen LogP contribution in [0.5, 0.6) is 0 Å². The van der Waals surface area contributed by atoms with Crippen molar-refractivity contribution in [2.45, 2.75) is 63.9 Å². The molecule has 2 amide bonds. The smallest absolute Gasteiger partial charge is 0.329 e. The van der Waals surface area contributed by atoms with Gasteiger partial charge in [0.05, 0.1) is 22.8 Å². The number of aromatic nitrogens is 2. The van der Waals surface area contributed by atoms with Crippen LogP contribution in [-0.2, 0) is 21.1 Å². The summed E-state index contributed by atoms with van der Waals surface area (Å²) in [5.74, 6) is -0.702. The average molecular weight is 445 g/mol. The Labute approximate surface area is 183 Å². The Hall–Kier alpha value is -2.39. The molecule has 2 saturated heterocycles. The van der Waals surface area contributed by atoms with Crippen LogP contribution in [0.3, 0.4) is 0 Å². The van der Waals surface area contributed by atoms with Crippen molar-refractivity contribution in [3.63, 3.8) is 0 Å². The topological polar surface area (TPSA) is 85.6 Å². The first kappa shape index (κ1) is 21.8. The van der Waals surface area contributed by atoms with Crippen LogP contribution in [0.2, 0.25) is 18.1 Å². The number of nitrogens with one attached hydrogen (secondary N) is 1. The largest absolute Gasteiger partial charge is 0.410 e. The van der Waals surface area contributed by atoms with Gasteiger partial charge in [0.25, 0.3) is 0 Å². The highest BCUT2D eigenvalue weighted by Crippen LogP contribution is 2.39. The first-order valence-corrected chi connectivity index (χ1v) is 13.8. The highest BCUT2D eigenvalue weighted by atomic mass is 28.4. The number of nitrogens with zero attached hydrogens (tertiary/aromatic N) is 3. The molecule has 4 rings (SSSR count). The number of hydrogen-bond donors (Lipinski definition) is 1. The Morgan fingerprint density at radius 1 is 1.13 bits per heavy atom. The number of anilines is 1. The molecule has 0 aliphatic carbocycles. The summed E-state index contributed by atoms with van der Waals surface area (Å²) in [6.45, 7) is 12.8. The Kier molecular flexibility index (Phi) is 5.17. The predicted molar refractivity (Wildman–Crippen MR) is 123 cm³/mol. The number of aryl methyl sites for hydroxylation is 1. The normalized spacial score (nSPS) is 20.8. The first-order chi connectivity index (χ1) is 14.4. The first-order valence-electron chi connectivity index (χ1n) is 10.9. The summed E-state index contributed by atoms with van der Waals surface area (Å²) < 4.78 is 9.66. The molecule has 0 bridgehead atoms. The third-order valence-electron chi connectivity index (χ3n) is 7.06. The fourth-order valence-corrected chi connectivity index (χ4v) is 5.54. The minimum absolute atomic E-state index is 0.163. The lowest BCUT2D eigenvalue weighted by molar-refractivity contribution is -0.135. The van der Waals surface area contributed by atoms with Gasteiger partial charge in [-0.3, -0.25) is 24.0 Å². The van der Waals surface area contributed by atoms with Gasteiger partial charge in [0.15, 0.2) is 8.32 Å². The van der Waals surface area contributed by atoms with Crippen LogP contribution in [0.15, 0.2) is 23.0 Å². The molecule has 1 aromatic carbocycles. The van der Waals surface area contributed by atoms with Crippen LogP contribution in [0.25, 0.3) is 11.0 Å². The number of hydrogen-bond acceptors (Lipinski definition) is 5. The quantitative estimate of drug-likeness (QED) is 0.579. The van der Waals surface area contributed by atoms with E-state index in [4.69, 9.17) is 4.43 Å². The van der Waals surface area contributed by atoms with E-state index < -0.39 is 20.3 Å². The number of rotatable bonds is 4. The molecule has 0 spiro atoms. The van der Waals surface area contributed by atoms with Crippen molar-refractivity contribution in [3.05, 3.63) is 28.7 Å². The number of fused-ring (bicyclic) bond motifs is 1. The van der Waals surface area contributed by atoms with Crippen LogP contribution in [0.4, 0.5) is 5.69 Å². The van der Waals surface area contributed by atoms with E-state index in [1.165, 1.54) is 4.57 Å². The second-order valence-corrected chi connectivity index (χ2v) is 15.0. The van der Waals surface area contributed by atoms with E-state index in [0.29, 0.717) is 11.9 Å². The number of piperidine rings is 1. The van der Waals surface area contributed by atoms with Gasteiger partial charge in [-0.15, -0.1) is 0 Å². The van der Waals surface area contributed by atoms with Gasteiger partial charge in [-0.2, -0.15) is 0 Å². The van der Waals surface area contributed by atoms with Gasteiger partial charge in [0.2, 0.25) is 11.8 Å². The number of carbonyl (C=O) groups is 2. The number of imidazole rings is 1. The van der Waals surface area contributed by atoms with E-state index in [-0.39, 0.29) is 29.2 Å². The maximum absolute atomic E-state index is 13.1. The summed E-state index contributed by atoms with van der Waals surface area (Å²) in [5, 5.41) is 2.52. The molecule has 2 aromatic rings. The maximum Gasteiger partial charge on any atom is 0.329 e. The van der Waals surface area contributed by atoms with Crippen LogP contribution in [-0.4, -0.2) is 48.5 Å². The highest BCUT2D eigenvalue weighted by molar-refractivity contribution is 6.74. The van der Waals surface area contributed by atoms with Gasteiger partial charge in [-0.25, -0.2) is 4.79 Å². The standard InChI is InChI=1S/C22H32N4O4Si/c1-22(2,3)31(5,6)30-14-12-25(13-14)15-8-7-9-16-19(15)24(4)21(29)26(16)17-10-11-18(27)23-20(17)28/h7-9,14,17H,10-13H2,1-6H3,(H,23,27,28). The molecule has 9 heteroatoms. The molecule has 0 saturated carbocycles. The second kappa shape index (κ2) is 7.34. The van der Waals surface area contributed by atoms with Gasteiger partial charge >= 0.3 is 5.69 Å². The summed E-state index contributed by atoms with van der Waals surface area (Å²) in [6, 6.07) is 5.13. The molecular formula is C22H32N4O4Si. The second-order valence-electron chi connectivity index (χ2n) is 10.2. The lowest BCUT2D eigenvalue weighted by atomic mass is 10.1. The molecule has 3 heterocycles. The van der Waals surface area contributed by atoms with Crippen molar-refractivity contribution >= 4 is 36.9 Å². The zero-order valence-corrected chi connectivity index (χ0v) is 20.2. The van der Waals surface area contributed by atoms with Gasteiger partial charge in [0.1, 0.15) is 6.04 Å². The van der Waals surface area contributed by atoms with Gasteiger partial charge in [-0.05, 0) is 36.7 Å². The van der Waals surface area contributed by atoms with Gasteiger partial charge in [0, 0.05) is 26.6 Å². The summed E-state index contributed by atoms with van der Waals surface area (Å²) in [7, 11) is -0.0955. The monoisotopic (exact) mass is 444 g/mol. The summed E-state index contributed by atoms with van der Waals surface area (Å²) >= 11 is 0. The molecule has 1 N–H and O–H groups in total. The third-order valence-corrected chi connectivity index (χ3v) is 11.6. The Morgan fingerprint density at radius 3 is 2.42 bits per heavy atom. The lowest BCUT2D eigenvalue weighted by Crippen LogP contribution is -2.58. The van der Waals surface area contributed by atoms with Crippen molar-refractivity contribution in [1.29, 1.82) is 0 Å². The maximum atomic E-state index is 13.1. The van der Waals surface area contributed by atoms with E-state index in [9.17, 15) is 14.4 Å². The van der Waals surface area contributed by atoms with Crippen LogP contribution < -0.4 is 15.9 Å². The van der Waals surface area contributed by atoms with Crippen LogP contribution in [0.1, 0.15) is 39.7 Å². The van der Waals surface area contributed by atoms with Crippen LogP contribution >= 0.6 is 0 Å². The SMILES string of the molecule is Cn1c(=O)n(C2CCC(=O)NC2=O)c2cccc(N3CC(O[Si](C)(C)C(C)(C)C)C3)c21. The van der Waals surface area contributed by atoms with E-state index in [1.54, 1.807) is 11.6 Å². The minimum Gasteiger partial charge on any atom is -0.410 e. The number of amides is 2. The van der Waals surface area contributed by atoms with Gasteiger partial charge < -0.3 is 9.33 Å². The average Bonchev–Trinajstić information content (AvgIpc) is 2.88. The molecule has 2 fully saturated rings. The van der Waals surface area contributed by atoms with Crippen molar-refractivity contribution in [1.82, 2.24) is 14.5 Å². The Balaban J connectivity index is 1.63. The molecule has 1 unspecified atom stereocenters. The van der Waals surface area contributed by atoms with E-state index >= 15 is 0 Å². The van der Waals surface area contributed by atoms with E-state index in [2.05, 4.69) is 44.1 Å². The van der Waals surface area contributed by atoms with Gasteiger partial charge in [-0.1, -0.05) is 26.8 Å². The zero-order valence-electron chi connectivity index (χ0n) is 19.2. The van der Waals surface area contributed by atoms with Crippen molar-refractivity contribution in [2.24, 2.45) is 7.05 Å². The molecule has 1 aromatic heterocycles. The van der Waals surface area contributed by atoms with E-state index in [1.807, 2.05) is 18.2 Å². The summed E-state index contributed by atoms with van der Waals surface area (Å²) in [5.41, 5.74) is 2.25. The Morgan fingerprint density at radius 2 is 1.81 bits per heavy atom. The Bertz CT molecular complexity index is 1110. The summed E-state index contributed by atoms with van der Waals surface area (Å²) in [6.07, 6.45) is 0.753. The van der Waals surface area contributed by atoms with E-state index in [0.717, 1.165) is 24.3 Å². The molecule has 2 aliphatic rings. The van der Waals surface area contributed by atoms with Crippen LogP contribution in [0, 0.1) is 0 Å². The molecule has 2 aliphatic heterocycles. The molecule has 168 valence electrons. The molecule has 0 radical (unpaired) electrons. The minimum atomic E-state index is -1.83. The highest BCUT2D eigenvalue weighted by Gasteiger charge is 2.42. The zero-order chi connectivity index (χ0) is 22.7. The molecule has 31 heavy (non-hydrogen) atoms. The van der Waals surface area contributed by atoms with Crippen molar-refractivity contribution in [2.75, 3.05) is 18.0 Å². The fourth-order valence-electron chi connectivity index (χ4n) is 4.21. The number of imide groups is 1. The number of para-hydroxylation sites is 1. The lowest BCUT2D eigenvalue weighted by Gasteiger charge is -2.47.